The number of fused-ring (bicyclic) bond motifs is 1. The number of carbonyl (C=O) groups excluding carboxylic acids is 3. The van der Waals surface area contributed by atoms with Gasteiger partial charge in [0.05, 0.1) is 0 Å². The summed E-state index contributed by atoms with van der Waals surface area (Å²) in [7, 11) is 0. The molecule has 1 amide bonds. The number of ketones is 1. The molecule has 0 saturated carbocycles. The number of esters is 1. The first-order valence-electron chi connectivity index (χ1n) is 10.3. The molecular formula is C25H28N2O4. The molecular weight excluding hydrogens is 392 g/mol. The SMILES string of the molecule is CC(=O)NC(Cc1c[nH]c2ccccc12)C(=O)OCc1c(C)cc(C)c(C(C)=O)c1C. The average Bonchev–Trinajstić information content (AvgIpc) is 3.09. The van der Waals surface area contributed by atoms with Crippen molar-refractivity contribution in [1.29, 1.82) is 0 Å². The molecule has 6 nitrogen and oxygen atoms in total. The number of H-pyrrole nitrogens is 1. The molecule has 2 aromatic carbocycles. The van der Waals surface area contributed by atoms with Crippen molar-refractivity contribution >= 4 is 28.6 Å². The summed E-state index contributed by atoms with van der Waals surface area (Å²) in [5.41, 5.74) is 6.06. The van der Waals surface area contributed by atoms with E-state index in [2.05, 4.69) is 10.3 Å². The van der Waals surface area contributed by atoms with Crippen LogP contribution < -0.4 is 5.32 Å². The lowest BCUT2D eigenvalue weighted by molar-refractivity contribution is -0.149. The zero-order valence-corrected chi connectivity index (χ0v) is 18.6. The van der Waals surface area contributed by atoms with Crippen LogP contribution in [0.4, 0.5) is 0 Å². The number of benzene rings is 2. The van der Waals surface area contributed by atoms with E-state index in [1.807, 2.05) is 57.3 Å². The smallest absolute Gasteiger partial charge is 0.329 e. The monoisotopic (exact) mass is 420 g/mol. The number of rotatable bonds is 7. The molecule has 3 rings (SSSR count). The normalized spacial score (nSPS) is 11.9. The summed E-state index contributed by atoms with van der Waals surface area (Å²) in [4.78, 5) is 39.9. The summed E-state index contributed by atoms with van der Waals surface area (Å²) in [5, 5.41) is 3.71. The van der Waals surface area contributed by atoms with Crippen molar-refractivity contribution in [1.82, 2.24) is 10.3 Å². The number of ether oxygens (including phenoxy) is 1. The van der Waals surface area contributed by atoms with E-state index in [0.29, 0.717) is 12.0 Å². The maximum Gasteiger partial charge on any atom is 0.329 e. The molecule has 31 heavy (non-hydrogen) atoms. The van der Waals surface area contributed by atoms with Crippen molar-refractivity contribution in [2.24, 2.45) is 0 Å². The molecule has 0 aliphatic heterocycles. The van der Waals surface area contributed by atoms with Crippen molar-refractivity contribution in [3.63, 3.8) is 0 Å². The lowest BCUT2D eigenvalue weighted by Gasteiger charge is -2.19. The van der Waals surface area contributed by atoms with E-state index >= 15 is 0 Å². The first kappa shape index (κ1) is 22.3. The number of amides is 1. The fourth-order valence-corrected chi connectivity index (χ4v) is 4.19. The van der Waals surface area contributed by atoms with E-state index in [0.717, 1.165) is 38.7 Å². The maximum atomic E-state index is 12.9. The van der Waals surface area contributed by atoms with Gasteiger partial charge in [-0.15, -0.1) is 0 Å². The minimum absolute atomic E-state index is 0.0157. The highest BCUT2D eigenvalue weighted by molar-refractivity contribution is 5.97. The Bertz CT molecular complexity index is 1160. The molecule has 162 valence electrons. The summed E-state index contributed by atoms with van der Waals surface area (Å²) < 4.78 is 5.61. The lowest BCUT2D eigenvalue weighted by Crippen LogP contribution is -2.42. The number of aromatic nitrogens is 1. The summed E-state index contributed by atoms with van der Waals surface area (Å²) in [6.45, 7) is 8.67. The van der Waals surface area contributed by atoms with E-state index < -0.39 is 12.0 Å². The molecule has 3 aromatic rings. The van der Waals surface area contributed by atoms with Gasteiger partial charge in [0, 0.05) is 36.0 Å². The fraction of sp³-hybridized carbons (Fsp3) is 0.320. The molecule has 0 fully saturated rings. The van der Waals surface area contributed by atoms with E-state index in [-0.39, 0.29) is 18.3 Å². The highest BCUT2D eigenvalue weighted by atomic mass is 16.5. The number of hydrogen-bond donors (Lipinski definition) is 2. The molecule has 0 saturated heterocycles. The summed E-state index contributed by atoms with van der Waals surface area (Å²) in [6.07, 6.45) is 2.16. The van der Waals surface area contributed by atoms with Crippen LogP contribution in [0.25, 0.3) is 10.9 Å². The Morgan fingerprint density at radius 1 is 1.06 bits per heavy atom. The number of aromatic amines is 1. The second kappa shape index (κ2) is 9.16. The largest absolute Gasteiger partial charge is 0.459 e. The van der Waals surface area contributed by atoms with Crippen molar-refractivity contribution in [3.05, 3.63) is 69.9 Å². The van der Waals surface area contributed by atoms with Crippen LogP contribution in [0.5, 0.6) is 0 Å². The average molecular weight is 421 g/mol. The molecule has 6 heteroatoms. The van der Waals surface area contributed by atoms with Gasteiger partial charge in [-0.1, -0.05) is 24.3 Å². The summed E-state index contributed by atoms with van der Waals surface area (Å²) in [6, 6.07) is 8.92. The first-order valence-corrected chi connectivity index (χ1v) is 10.3. The molecule has 2 N–H and O–H groups in total. The van der Waals surface area contributed by atoms with Crippen LogP contribution in [0.1, 0.15) is 52.0 Å². The predicted molar refractivity (Wildman–Crippen MR) is 120 cm³/mol. The zero-order chi connectivity index (χ0) is 22.7. The summed E-state index contributed by atoms with van der Waals surface area (Å²) in [5.74, 6) is -0.828. The Kier molecular flexibility index (Phi) is 6.59. The molecule has 0 aliphatic rings. The van der Waals surface area contributed by atoms with Crippen molar-refractivity contribution in [3.8, 4) is 0 Å². The van der Waals surface area contributed by atoms with E-state index in [1.54, 1.807) is 0 Å². The van der Waals surface area contributed by atoms with Crippen LogP contribution in [-0.4, -0.2) is 28.7 Å². The second-order valence-corrected chi connectivity index (χ2v) is 7.97. The van der Waals surface area contributed by atoms with E-state index in [9.17, 15) is 14.4 Å². The van der Waals surface area contributed by atoms with Gasteiger partial charge in [-0.3, -0.25) is 9.59 Å². The highest BCUT2D eigenvalue weighted by Gasteiger charge is 2.24. The van der Waals surface area contributed by atoms with E-state index in [4.69, 9.17) is 4.74 Å². The second-order valence-electron chi connectivity index (χ2n) is 7.97. The summed E-state index contributed by atoms with van der Waals surface area (Å²) >= 11 is 0. The van der Waals surface area contributed by atoms with Gasteiger partial charge in [-0.25, -0.2) is 4.79 Å². The predicted octanol–water partition coefficient (Wildman–Crippen LogP) is 4.09. The minimum Gasteiger partial charge on any atom is -0.459 e. The lowest BCUT2D eigenvalue weighted by atomic mass is 9.92. The molecule has 1 heterocycles. The third-order valence-corrected chi connectivity index (χ3v) is 5.60. The quantitative estimate of drug-likeness (QED) is 0.445. The van der Waals surface area contributed by atoms with Crippen LogP contribution in [0, 0.1) is 20.8 Å². The topological polar surface area (TPSA) is 88.3 Å². The van der Waals surface area contributed by atoms with Crippen LogP contribution in [0.15, 0.2) is 36.5 Å². The van der Waals surface area contributed by atoms with Gasteiger partial charge in [-0.2, -0.15) is 0 Å². The standard InChI is InChI=1S/C25H28N2O4/c1-14-10-15(2)24(17(4)28)16(3)21(14)13-31-25(30)23(27-18(5)29)11-19-12-26-22-9-7-6-8-20(19)22/h6-10,12,23,26H,11,13H2,1-5H3,(H,27,29). The van der Waals surface area contributed by atoms with Gasteiger partial charge in [0.1, 0.15) is 12.6 Å². The molecule has 1 aromatic heterocycles. The Labute approximate surface area is 182 Å². The van der Waals surface area contributed by atoms with Crippen molar-refractivity contribution in [2.45, 2.75) is 53.7 Å². The minimum atomic E-state index is -0.810. The number of hydrogen-bond acceptors (Lipinski definition) is 4. The van der Waals surface area contributed by atoms with Crippen molar-refractivity contribution < 1.29 is 19.1 Å². The van der Waals surface area contributed by atoms with Crippen LogP contribution in [0.2, 0.25) is 0 Å². The Morgan fingerprint density at radius 2 is 1.77 bits per heavy atom. The van der Waals surface area contributed by atoms with Gasteiger partial charge >= 0.3 is 5.97 Å². The Balaban J connectivity index is 1.81. The number of carbonyl (C=O) groups is 3. The van der Waals surface area contributed by atoms with Crippen molar-refractivity contribution in [2.75, 3.05) is 0 Å². The van der Waals surface area contributed by atoms with Gasteiger partial charge in [0.15, 0.2) is 5.78 Å². The molecule has 0 aliphatic carbocycles. The fourth-order valence-electron chi connectivity index (χ4n) is 4.19. The third kappa shape index (κ3) is 4.85. The number of Topliss-reactive ketones (excluding diaryl/α,β-unsaturated/α-hetero) is 1. The van der Waals surface area contributed by atoms with Gasteiger partial charge in [0.2, 0.25) is 5.91 Å². The Morgan fingerprint density at radius 3 is 2.45 bits per heavy atom. The van der Waals surface area contributed by atoms with E-state index in [1.165, 1.54) is 13.8 Å². The molecule has 0 radical (unpaired) electrons. The number of nitrogens with one attached hydrogen (secondary N) is 2. The van der Waals surface area contributed by atoms with Gasteiger partial charge in [-0.05, 0) is 61.6 Å². The van der Waals surface area contributed by atoms with Crippen LogP contribution in [0.3, 0.4) is 0 Å². The van der Waals surface area contributed by atoms with Gasteiger partial charge in [0.25, 0.3) is 0 Å². The van der Waals surface area contributed by atoms with Crippen LogP contribution in [-0.2, 0) is 27.4 Å². The molecule has 0 bridgehead atoms. The number of para-hydroxylation sites is 1. The Hall–Kier alpha value is -3.41. The zero-order valence-electron chi connectivity index (χ0n) is 18.6. The number of aryl methyl sites for hydroxylation is 2. The molecule has 1 atom stereocenters. The van der Waals surface area contributed by atoms with Gasteiger partial charge < -0.3 is 15.0 Å². The third-order valence-electron chi connectivity index (χ3n) is 5.60. The molecule has 1 unspecified atom stereocenters. The maximum absolute atomic E-state index is 12.9. The highest BCUT2D eigenvalue weighted by Crippen LogP contribution is 2.24. The first-order chi connectivity index (χ1) is 14.7. The molecule has 0 spiro atoms. The van der Waals surface area contributed by atoms with Crippen LogP contribution >= 0.6 is 0 Å².